The predicted octanol–water partition coefficient (Wildman–Crippen LogP) is 2.67. The summed E-state index contributed by atoms with van der Waals surface area (Å²) in [4.78, 5) is 4.59. The molecule has 0 aromatic carbocycles. The van der Waals surface area contributed by atoms with Crippen molar-refractivity contribution in [2.45, 2.75) is 38.1 Å². The topological polar surface area (TPSA) is 60.2 Å². The van der Waals surface area contributed by atoms with Crippen LogP contribution >= 0.6 is 0 Å². The molecule has 4 heteroatoms. The number of ether oxygens (including phenoxy) is 1. The minimum absolute atomic E-state index is 0.121. The SMILES string of the molecule is COc1cccnc1C(NN)C1C2CC3CC(C2)CC1C3. The molecule has 5 rings (SSSR count). The van der Waals surface area contributed by atoms with Crippen LogP contribution in [0, 0.1) is 29.6 Å². The smallest absolute Gasteiger partial charge is 0.142 e. The maximum atomic E-state index is 5.96. The second-order valence-corrected chi connectivity index (χ2v) is 7.24. The second-order valence-electron chi connectivity index (χ2n) is 7.24. The first-order valence-corrected chi connectivity index (χ1v) is 8.25. The van der Waals surface area contributed by atoms with Crippen LogP contribution in [0.15, 0.2) is 18.3 Å². The molecule has 0 spiro atoms. The van der Waals surface area contributed by atoms with Crippen LogP contribution in [-0.2, 0) is 0 Å². The summed E-state index contributed by atoms with van der Waals surface area (Å²) in [6, 6.07) is 4.03. The van der Waals surface area contributed by atoms with Crippen LogP contribution in [0.5, 0.6) is 5.75 Å². The van der Waals surface area contributed by atoms with E-state index in [0.717, 1.165) is 35.1 Å². The van der Waals surface area contributed by atoms with Crippen molar-refractivity contribution < 1.29 is 4.74 Å². The number of aromatic nitrogens is 1. The predicted molar refractivity (Wildman–Crippen MR) is 81.4 cm³/mol. The van der Waals surface area contributed by atoms with Gasteiger partial charge < -0.3 is 4.74 Å². The van der Waals surface area contributed by atoms with Crippen LogP contribution in [0.25, 0.3) is 0 Å². The van der Waals surface area contributed by atoms with Crippen LogP contribution in [-0.4, -0.2) is 12.1 Å². The molecule has 0 radical (unpaired) electrons. The van der Waals surface area contributed by atoms with Crippen LogP contribution in [0.3, 0.4) is 0 Å². The molecule has 4 bridgehead atoms. The van der Waals surface area contributed by atoms with Gasteiger partial charge in [0.25, 0.3) is 0 Å². The van der Waals surface area contributed by atoms with Crippen molar-refractivity contribution in [3.63, 3.8) is 0 Å². The lowest BCUT2D eigenvalue weighted by molar-refractivity contribution is -0.0534. The van der Waals surface area contributed by atoms with Crippen molar-refractivity contribution in [2.75, 3.05) is 7.11 Å². The van der Waals surface area contributed by atoms with Crippen molar-refractivity contribution >= 4 is 0 Å². The monoisotopic (exact) mass is 287 g/mol. The Labute approximate surface area is 126 Å². The summed E-state index contributed by atoms with van der Waals surface area (Å²) in [7, 11) is 1.71. The summed E-state index contributed by atoms with van der Waals surface area (Å²) in [5, 5.41) is 0. The zero-order valence-corrected chi connectivity index (χ0v) is 12.7. The van der Waals surface area contributed by atoms with Gasteiger partial charge in [0.15, 0.2) is 0 Å². The number of nitrogens with zero attached hydrogens (tertiary/aromatic N) is 1. The summed E-state index contributed by atoms with van der Waals surface area (Å²) in [6.45, 7) is 0. The number of hydrogen-bond donors (Lipinski definition) is 2. The first-order valence-electron chi connectivity index (χ1n) is 8.25. The van der Waals surface area contributed by atoms with Gasteiger partial charge in [-0.1, -0.05) is 0 Å². The van der Waals surface area contributed by atoms with Gasteiger partial charge in [0, 0.05) is 6.20 Å². The Bertz CT molecular complexity index is 491. The second kappa shape index (κ2) is 5.25. The normalized spacial score (nSPS) is 38.5. The van der Waals surface area contributed by atoms with Gasteiger partial charge in [-0.2, -0.15) is 0 Å². The third kappa shape index (κ3) is 2.16. The number of methoxy groups -OCH3 is 1. The molecule has 3 N–H and O–H groups in total. The highest BCUT2D eigenvalue weighted by Gasteiger charge is 2.51. The van der Waals surface area contributed by atoms with E-state index in [0.29, 0.717) is 5.92 Å². The van der Waals surface area contributed by atoms with Crippen molar-refractivity contribution in [3.05, 3.63) is 24.0 Å². The Hall–Kier alpha value is -1.13. The molecule has 1 aromatic rings. The number of hydrogen-bond acceptors (Lipinski definition) is 4. The summed E-state index contributed by atoms with van der Waals surface area (Å²) in [5.41, 5.74) is 4.06. The van der Waals surface area contributed by atoms with Crippen LogP contribution < -0.4 is 16.0 Å². The Kier molecular flexibility index (Phi) is 3.38. The van der Waals surface area contributed by atoms with E-state index in [9.17, 15) is 0 Å². The van der Waals surface area contributed by atoms with Crippen LogP contribution in [0.2, 0.25) is 0 Å². The minimum atomic E-state index is 0.121. The summed E-state index contributed by atoms with van der Waals surface area (Å²) in [5.74, 6) is 11.0. The summed E-state index contributed by atoms with van der Waals surface area (Å²) >= 11 is 0. The largest absolute Gasteiger partial charge is 0.495 e. The van der Waals surface area contributed by atoms with Gasteiger partial charge in [-0.3, -0.25) is 16.3 Å². The number of nitrogens with two attached hydrogens (primary N) is 1. The molecule has 4 saturated carbocycles. The molecule has 4 nitrogen and oxygen atoms in total. The maximum Gasteiger partial charge on any atom is 0.142 e. The van der Waals surface area contributed by atoms with Gasteiger partial charge in [0.2, 0.25) is 0 Å². The van der Waals surface area contributed by atoms with Gasteiger partial charge in [-0.05, 0) is 73.8 Å². The fraction of sp³-hybridized carbons (Fsp3) is 0.706. The number of rotatable bonds is 4. The van der Waals surface area contributed by atoms with E-state index in [4.69, 9.17) is 10.6 Å². The van der Waals surface area contributed by atoms with Crippen molar-refractivity contribution in [1.82, 2.24) is 10.4 Å². The van der Waals surface area contributed by atoms with E-state index in [-0.39, 0.29) is 6.04 Å². The van der Waals surface area contributed by atoms with E-state index in [1.54, 1.807) is 7.11 Å². The highest BCUT2D eigenvalue weighted by Crippen LogP contribution is 2.59. The zero-order chi connectivity index (χ0) is 14.4. The van der Waals surface area contributed by atoms with E-state index >= 15 is 0 Å². The first-order chi connectivity index (χ1) is 10.3. The molecule has 1 aromatic heterocycles. The first kappa shape index (κ1) is 13.5. The fourth-order valence-electron chi connectivity index (χ4n) is 5.69. The average molecular weight is 287 g/mol. The van der Waals surface area contributed by atoms with Gasteiger partial charge in [-0.25, -0.2) is 0 Å². The molecule has 1 unspecified atom stereocenters. The lowest BCUT2D eigenvalue weighted by atomic mass is 9.50. The van der Waals surface area contributed by atoms with Gasteiger partial charge in [-0.15, -0.1) is 0 Å². The molecule has 4 fully saturated rings. The highest BCUT2D eigenvalue weighted by molar-refractivity contribution is 5.30. The van der Waals surface area contributed by atoms with Gasteiger partial charge >= 0.3 is 0 Å². The maximum absolute atomic E-state index is 5.96. The molecule has 1 atom stereocenters. The molecule has 0 saturated heterocycles. The van der Waals surface area contributed by atoms with E-state index in [2.05, 4.69) is 10.4 Å². The summed E-state index contributed by atoms with van der Waals surface area (Å²) < 4.78 is 5.51. The lowest BCUT2D eigenvalue weighted by Gasteiger charge is -2.56. The number of hydrazine groups is 1. The number of pyridine rings is 1. The van der Waals surface area contributed by atoms with Crippen LogP contribution in [0.4, 0.5) is 0 Å². The quantitative estimate of drug-likeness (QED) is 0.660. The van der Waals surface area contributed by atoms with E-state index in [1.807, 2.05) is 18.3 Å². The molecular weight excluding hydrogens is 262 g/mol. The molecule has 21 heavy (non-hydrogen) atoms. The molecule has 0 amide bonds. The molecule has 4 aliphatic rings. The van der Waals surface area contributed by atoms with Gasteiger partial charge in [0.05, 0.1) is 13.2 Å². The van der Waals surface area contributed by atoms with E-state index < -0.39 is 0 Å². The Balaban J connectivity index is 1.67. The average Bonchev–Trinajstić information content (AvgIpc) is 2.50. The van der Waals surface area contributed by atoms with Crippen molar-refractivity contribution in [2.24, 2.45) is 35.4 Å². The fourth-order valence-corrected chi connectivity index (χ4v) is 5.69. The van der Waals surface area contributed by atoms with Crippen molar-refractivity contribution in [3.8, 4) is 5.75 Å². The summed E-state index contributed by atoms with van der Waals surface area (Å²) in [6.07, 6.45) is 8.90. The van der Waals surface area contributed by atoms with Crippen molar-refractivity contribution in [1.29, 1.82) is 0 Å². The molecule has 114 valence electrons. The lowest BCUT2D eigenvalue weighted by Crippen LogP contribution is -2.50. The Morgan fingerprint density at radius 2 is 1.86 bits per heavy atom. The van der Waals surface area contributed by atoms with Gasteiger partial charge in [0.1, 0.15) is 11.4 Å². The third-order valence-corrected chi connectivity index (χ3v) is 6.18. The van der Waals surface area contributed by atoms with Crippen LogP contribution in [0.1, 0.15) is 43.8 Å². The minimum Gasteiger partial charge on any atom is -0.495 e. The molecule has 0 aliphatic heterocycles. The Morgan fingerprint density at radius 3 is 2.43 bits per heavy atom. The number of nitrogens with one attached hydrogen (secondary N) is 1. The molecular formula is C17H25N3O. The van der Waals surface area contributed by atoms with E-state index in [1.165, 1.54) is 32.1 Å². The third-order valence-electron chi connectivity index (χ3n) is 6.18. The standard InChI is InChI=1S/C17H25N3O/c1-21-14-3-2-4-19-16(14)17(20-18)15-12-6-10-5-11(8-12)9-13(15)7-10/h2-4,10-13,15,17,20H,5-9,18H2,1H3. The highest BCUT2D eigenvalue weighted by atomic mass is 16.5. The zero-order valence-electron chi connectivity index (χ0n) is 12.7. The molecule has 1 heterocycles. The Morgan fingerprint density at radius 1 is 1.19 bits per heavy atom. The molecule has 4 aliphatic carbocycles.